The Labute approximate surface area is 124 Å². The van der Waals surface area contributed by atoms with Gasteiger partial charge >= 0.3 is 0 Å². The zero-order valence-corrected chi connectivity index (χ0v) is 12.4. The number of hydrogen-bond donors (Lipinski definition) is 1. The second-order valence-electron chi connectivity index (χ2n) is 6.38. The zero-order chi connectivity index (χ0) is 15.0. The molecule has 1 saturated heterocycles. The minimum Gasteiger partial charge on any atom is -0.508 e. The number of phenolic OH excluding ortho intramolecular Hbond substituents is 1. The third kappa shape index (κ3) is 2.33. The molecule has 2 amide bonds. The molecule has 1 saturated carbocycles. The Morgan fingerprint density at radius 1 is 1.10 bits per heavy atom. The molecule has 4 nitrogen and oxygen atoms in total. The maximum atomic E-state index is 12.9. The lowest BCUT2D eigenvalue weighted by Crippen LogP contribution is -2.36. The summed E-state index contributed by atoms with van der Waals surface area (Å²) in [5.41, 5.74) is 0.893. The standard InChI is InChI=1S/C17H21NO3/c1-12-10-13(19)6-7-14(12)18-15(20)11-17(16(18)21)8-4-2-3-5-9-17/h6-7,10,19H,2-5,8-9,11H2,1H3. The van der Waals surface area contributed by atoms with Crippen molar-refractivity contribution in [2.45, 2.75) is 51.9 Å². The number of aromatic hydroxyl groups is 1. The Morgan fingerprint density at radius 3 is 2.38 bits per heavy atom. The van der Waals surface area contributed by atoms with Gasteiger partial charge in [0.25, 0.3) is 0 Å². The number of carbonyl (C=O) groups excluding carboxylic acids is 2. The van der Waals surface area contributed by atoms with Crippen LogP contribution in [0.4, 0.5) is 5.69 Å². The first-order valence-corrected chi connectivity index (χ1v) is 7.70. The van der Waals surface area contributed by atoms with Crippen LogP contribution in [0.25, 0.3) is 0 Å². The minimum atomic E-state index is -0.474. The number of amides is 2. The van der Waals surface area contributed by atoms with Crippen molar-refractivity contribution in [3.63, 3.8) is 0 Å². The van der Waals surface area contributed by atoms with Crippen molar-refractivity contribution in [2.75, 3.05) is 4.90 Å². The van der Waals surface area contributed by atoms with Crippen LogP contribution in [0.3, 0.4) is 0 Å². The molecule has 2 fully saturated rings. The molecule has 0 bridgehead atoms. The molecular formula is C17H21NO3. The lowest BCUT2D eigenvalue weighted by molar-refractivity contribution is -0.126. The number of anilines is 1. The van der Waals surface area contributed by atoms with E-state index in [9.17, 15) is 14.7 Å². The second kappa shape index (κ2) is 5.17. The SMILES string of the molecule is Cc1cc(O)ccc1N1C(=O)CC2(CCCCCC2)C1=O. The van der Waals surface area contributed by atoms with E-state index in [4.69, 9.17) is 0 Å². The lowest BCUT2D eigenvalue weighted by Gasteiger charge is -2.25. The van der Waals surface area contributed by atoms with Crippen molar-refractivity contribution in [1.29, 1.82) is 0 Å². The predicted molar refractivity (Wildman–Crippen MR) is 80.1 cm³/mol. The van der Waals surface area contributed by atoms with Crippen molar-refractivity contribution in [3.05, 3.63) is 23.8 Å². The molecule has 1 aromatic rings. The van der Waals surface area contributed by atoms with E-state index in [1.807, 2.05) is 6.92 Å². The summed E-state index contributed by atoms with van der Waals surface area (Å²) in [5.74, 6) is 0.0124. The molecule has 0 radical (unpaired) electrons. The van der Waals surface area contributed by atoms with E-state index >= 15 is 0 Å². The number of aryl methyl sites for hydroxylation is 1. The number of phenols is 1. The first kappa shape index (κ1) is 14.1. The Hall–Kier alpha value is -1.84. The van der Waals surface area contributed by atoms with Gasteiger partial charge in [0.2, 0.25) is 11.8 Å². The van der Waals surface area contributed by atoms with Gasteiger partial charge in [-0.15, -0.1) is 0 Å². The molecule has 0 aromatic heterocycles. The van der Waals surface area contributed by atoms with Crippen LogP contribution in [0.5, 0.6) is 5.75 Å². The topological polar surface area (TPSA) is 57.6 Å². The summed E-state index contributed by atoms with van der Waals surface area (Å²) < 4.78 is 0. The molecule has 1 spiro atoms. The largest absolute Gasteiger partial charge is 0.508 e. The molecule has 1 aliphatic heterocycles. The van der Waals surface area contributed by atoms with E-state index in [0.717, 1.165) is 44.1 Å². The maximum Gasteiger partial charge on any atom is 0.240 e. The third-order valence-electron chi connectivity index (χ3n) is 4.88. The normalized spacial score (nSPS) is 21.9. The molecule has 0 unspecified atom stereocenters. The first-order chi connectivity index (χ1) is 10.0. The molecule has 0 atom stereocenters. The van der Waals surface area contributed by atoms with Crippen molar-refractivity contribution in [3.8, 4) is 5.75 Å². The smallest absolute Gasteiger partial charge is 0.240 e. The van der Waals surface area contributed by atoms with Gasteiger partial charge < -0.3 is 5.11 Å². The summed E-state index contributed by atoms with van der Waals surface area (Å²) >= 11 is 0. The van der Waals surface area contributed by atoms with Crippen LogP contribution in [0.15, 0.2) is 18.2 Å². The van der Waals surface area contributed by atoms with E-state index in [1.165, 1.54) is 11.0 Å². The molecule has 21 heavy (non-hydrogen) atoms. The summed E-state index contributed by atoms with van der Waals surface area (Å²) in [7, 11) is 0. The van der Waals surface area contributed by atoms with Crippen LogP contribution in [0.2, 0.25) is 0 Å². The highest BCUT2D eigenvalue weighted by Gasteiger charge is 2.51. The van der Waals surface area contributed by atoms with E-state index in [2.05, 4.69) is 0 Å². The number of carbonyl (C=O) groups is 2. The fourth-order valence-electron chi connectivity index (χ4n) is 3.72. The van der Waals surface area contributed by atoms with Gasteiger partial charge in [-0.05, 0) is 43.5 Å². The van der Waals surface area contributed by atoms with E-state index in [-0.39, 0.29) is 17.6 Å². The Morgan fingerprint density at radius 2 is 1.76 bits per heavy atom. The number of rotatable bonds is 1. The minimum absolute atomic E-state index is 0.0387. The van der Waals surface area contributed by atoms with Crippen LogP contribution < -0.4 is 4.90 Å². The molecule has 1 aromatic carbocycles. The highest BCUT2D eigenvalue weighted by atomic mass is 16.3. The zero-order valence-electron chi connectivity index (χ0n) is 12.4. The van der Waals surface area contributed by atoms with Gasteiger partial charge in [0.1, 0.15) is 5.75 Å². The third-order valence-corrected chi connectivity index (χ3v) is 4.88. The van der Waals surface area contributed by atoms with Gasteiger partial charge in [0.05, 0.1) is 11.1 Å². The highest BCUT2D eigenvalue weighted by Crippen LogP contribution is 2.46. The highest BCUT2D eigenvalue weighted by molar-refractivity contribution is 6.22. The van der Waals surface area contributed by atoms with Crippen LogP contribution in [0.1, 0.15) is 50.5 Å². The van der Waals surface area contributed by atoms with Gasteiger partial charge in [-0.2, -0.15) is 0 Å². The van der Waals surface area contributed by atoms with Gasteiger partial charge in [-0.3, -0.25) is 9.59 Å². The summed E-state index contributed by atoms with van der Waals surface area (Å²) in [6.07, 6.45) is 6.36. The maximum absolute atomic E-state index is 12.9. The van der Waals surface area contributed by atoms with Gasteiger partial charge in [-0.25, -0.2) is 4.90 Å². The molecule has 1 aliphatic carbocycles. The fraction of sp³-hybridized carbons (Fsp3) is 0.529. The molecule has 112 valence electrons. The number of hydrogen-bond acceptors (Lipinski definition) is 3. The fourth-order valence-corrected chi connectivity index (χ4v) is 3.72. The first-order valence-electron chi connectivity index (χ1n) is 7.70. The molecule has 3 rings (SSSR count). The van der Waals surface area contributed by atoms with Gasteiger partial charge in [-0.1, -0.05) is 25.7 Å². The molecule has 4 heteroatoms. The molecule has 2 aliphatic rings. The van der Waals surface area contributed by atoms with E-state index < -0.39 is 5.41 Å². The Bertz CT molecular complexity index is 586. The van der Waals surface area contributed by atoms with Gasteiger partial charge in [0, 0.05) is 6.42 Å². The van der Waals surface area contributed by atoms with E-state index in [1.54, 1.807) is 12.1 Å². The molecule has 1 N–H and O–H groups in total. The molecular weight excluding hydrogens is 266 g/mol. The summed E-state index contributed by atoms with van der Waals surface area (Å²) in [5, 5.41) is 9.50. The Kier molecular flexibility index (Phi) is 3.47. The average molecular weight is 287 g/mol. The second-order valence-corrected chi connectivity index (χ2v) is 6.38. The number of benzene rings is 1. The summed E-state index contributed by atoms with van der Waals surface area (Å²) in [6, 6.07) is 4.78. The van der Waals surface area contributed by atoms with E-state index in [0.29, 0.717) is 12.1 Å². The van der Waals surface area contributed by atoms with Crippen molar-refractivity contribution in [1.82, 2.24) is 0 Å². The van der Waals surface area contributed by atoms with Crippen molar-refractivity contribution in [2.24, 2.45) is 5.41 Å². The number of nitrogens with zero attached hydrogens (tertiary/aromatic N) is 1. The van der Waals surface area contributed by atoms with Crippen LogP contribution in [0, 0.1) is 12.3 Å². The van der Waals surface area contributed by atoms with Crippen molar-refractivity contribution < 1.29 is 14.7 Å². The summed E-state index contributed by atoms with van der Waals surface area (Å²) in [4.78, 5) is 26.7. The van der Waals surface area contributed by atoms with Crippen molar-refractivity contribution >= 4 is 17.5 Å². The van der Waals surface area contributed by atoms with Crippen LogP contribution >= 0.6 is 0 Å². The van der Waals surface area contributed by atoms with Crippen LogP contribution in [-0.4, -0.2) is 16.9 Å². The number of imide groups is 1. The molecule has 1 heterocycles. The predicted octanol–water partition coefficient (Wildman–Crippen LogP) is 3.30. The van der Waals surface area contributed by atoms with Gasteiger partial charge in [0.15, 0.2) is 0 Å². The average Bonchev–Trinajstić information content (AvgIpc) is 2.60. The Balaban J connectivity index is 1.97. The summed E-state index contributed by atoms with van der Waals surface area (Å²) in [6.45, 7) is 1.81. The monoisotopic (exact) mass is 287 g/mol. The van der Waals surface area contributed by atoms with Crippen LogP contribution in [-0.2, 0) is 9.59 Å². The lowest BCUT2D eigenvalue weighted by atomic mass is 9.79. The quantitative estimate of drug-likeness (QED) is 0.806.